The maximum atomic E-state index is 3.98. The zero-order valence-electron chi connectivity index (χ0n) is 14.3. The maximum Gasteiger partial charge on any atom is -0.0326 e. The number of hydrogen-bond donors (Lipinski definition) is 0. The summed E-state index contributed by atoms with van der Waals surface area (Å²) in [6.07, 6.45) is 12.5. The first kappa shape index (κ1) is 18.7. The van der Waals surface area contributed by atoms with Crippen LogP contribution >= 0.6 is 0 Å². The van der Waals surface area contributed by atoms with Gasteiger partial charge in [-0.2, -0.15) is 0 Å². The van der Waals surface area contributed by atoms with E-state index in [0.717, 1.165) is 17.8 Å². The van der Waals surface area contributed by atoms with Crippen LogP contribution in [0.2, 0.25) is 0 Å². The van der Waals surface area contributed by atoms with E-state index in [2.05, 4.69) is 41.2 Å². The van der Waals surface area contributed by atoms with E-state index >= 15 is 0 Å². The molecule has 0 aromatic carbocycles. The highest BCUT2D eigenvalue weighted by atomic mass is 14.1. The molecule has 0 fully saturated rings. The molecule has 0 aliphatic heterocycles. The van der Waals surface area contributed by atoms with Crippen molar-refractivity contribution >= 4 is 0 Å². The molecule has 0 nitrogen and oxygen atoms in total. The van der Waals surface area contributed by atoms with Gasteiger partial charge in [0.2, 0.25) is 0 Å². The fraction of sp³-hybridized carbons (Fsp3) is 0.895. The van der Waals surface area contributed by atoms with Gasteiger partial charge in [0.15, 0.2) is 0 Å². The Labute approximate surface area is 123 Å². The highest BCUT2D eigenvalue weighted by molar-refractivity contribution is 4.87. The minimum Gasteiger partial charge on any atom is -0.100 e. The summed E-state index contributed by atoms with van der Waals surface area (Å²) in [7, 11) is 0. The number of allylic oxidation sites excluding steroid dienone is 1. The molecule has 19 heavy (non-hydrogen) atoms. The molecular formula is C19H38. The summed E-state index contributed by atoms with van der Waals surface area (Å²) in [5.74, 6) is 2.71. The van der Waals surface area contributed by atoms with E-state index in [1.54, 1.807) is 0 Å². The van der Waals surface area contributed by atoms with E-state index in [0.29, 0.717) is 0 Å². The predicted molar refractivity (Wildman–Crippen MR) is 89.5 cm³/mol. The largest absolute Gasteiger partial charge is 0.100 e. The van der Waals surface area contributed by atoms with Crippen molar-refractivity contribution in [2.45, 2.75) is 92.4 Å². The van der Waals surface area contributed by atoms with Crippen molar-refractivity contribution in [3.05, 3.63) is 12.2 Å². The van der Waals surface area contributed by atoms with Crippen LogP contribution in [0.4, 0.5) is 0 Å². The topological polar surface area (TPSA) is 0 Å². The third kappa shape index (κ3) is 14.0. The molecule has 0 aliphatic rings. The molecular weight excluding hydrogens is 228 g/mol. The van der Waals surface area contributed by atoms with Crippen molar-refractivity contribution in [2.75, 3.05) is 0 Å². The number of hydrogen-bond acceptors (Lipinski definition) is 0. The lowest BCUT2D eigenvalue weighted by Crippen LogP contribution is -2.00. The van der Waals surface area contributed by atoms with E-state index in [-0.39, 0.29) is 0 Å². The van der Waals surface area contributed by atoms with E-state index in [1.165, 1.54) is 63.4 Å². The third-order valence-corrected chi connectivity index (χ3v) is 4.17. The molecule has 0 rings (SSSR count). The fourth-order valence-electron chi connectivity index (χ4n) is 2.73. The van der Waals surface area contributed by atoms with Crippen LogP contribution in [-0.2, 0) is 0 Å². The number of rotatable bonds is 12. The van der Waals surface area contributed by atoms with Gasteiger partial charge in [-0.15, -0.1) is 6.58 Å². The SMILES string of the molecule is C=C(C)CCC[C@H](C)CCC[C@H](C)CCCC(C)C. The summed E-state index contributed by atoms with van der Waals surface area (Å²) >= 11 is 0. The Bertz CT molecular complexity index is 214. The van der Waals surface area contributed by atoms with Crippen LogP contribution in [-0.4, -0.2) is 0 Å². The Hall–Kier alpha value is -0.260. The van der Waals surface area contributed by atoms with Gasteiger partial charge in [-0.05, 0) is 37.5 Å². The van der Waals surface area contributed by atoms with Gasteiger partial charge in [0.05, 0.1) is 0 Å². The summed E-state index contributed by atoms with van der Waals surface area (Å²) in [4.78, 5) is 0. The van der Waals surface area contributed by atoms with Crippen LogP contribution in [0.3, 0.4) is 0 Å². The summed E-state index contributed by atoms with van der Waals surface area (Å²) in [5, 5.41) is 0. The second-order valence-electron chi connectivity index (χ2n) is 7.32. The molecule has 0 aromatic rings. The first-order valence-corrected chi connectivity index (χ1v) is 8.56. The van der Waals surface area contributed by atoms with Gasteiger partial charge in [-0.3, -0.25) is 0 Å². The van der Waals surface area contributed by atoms with Crippen molar-refractivity contribution in [3.8, 4) is 0 Å². The summed E-state index contributed by atoms with van der Waals surface area (Å²) in [6.45, 7) is 15.6. The Morgan fingerprint density at radius 3 is 1.58 bits per heavy atom. The highest BCUT2D eigenvalue weighted by Crippen LogP contribution is 2.21. The van der Waals surface area contributed by atoms with E-state index in [4.69, 9.17) is 0 Å². The van der Waals surface area contributed by atoms with Crippen molar-refractivity contribution < 1.29 is 0 Å². The molecule has 2 atom stereocenters. The minimum absolute atomic E-state index is 0.875. The lowest BCUT2D eigenvalue weighted by molar-refractivity contribution is 0.389. The molecule has 0 heterocycles. The van der Waals surface area contributed by atoms with Gasteiger partial charge in [0.1, 0.15) is 0 Å². The summed E-state index contributed by atoms with van der Waals surface area (Å²) in [6, 6.07) is 0. The van der Waals surface area contributed by atoms with E-state index in [9.17, 15) is 0 Å². The zero-order chi connectivity index (χ0) is 14.7. The molecule has 0 bridgehead atoms. The lowest BCUT2D eigenvalue weighted by Gasteiger charge is -2.15. The molecule has 0 saturated carbocycles. The van der Waals surface area contributed by atoms with Gasteiger partial charge < -0.3 is 0 Å². The van der Waals surface area contributed by atoms with Gasteiger partial charge >= 0.3 is 0 Å². The van der Waals surface area contributed by atoms with Crippen molar-refractivity contribution in [1.29, 1.82) is 0 Å². The summed E-state index contributed by atoms with van der Waals surface area (Å²) < 4.78 is 0. The highest BCUT2D eigenvalue weighted by Gasteiger charge is 2.06. The van der Waals surface area contributed by atoms with Crippen LogP contribution in [0.15, 0.2) is 12.2 Å². The van der Waals surface area contributed by atoms with Gasteiger partial charge in [-0.1, -0.05) is 78.2 Å². The van der Waals surface area contributed by atoms with E-state index < -0.39 is 0 Å². The van der Waals surface area contributed by atoms with Gasteiger partial charge in [-0.25, -0.2) is 0 Å². The first-order chi connectivity index (χ1) is 8.91. The molecule has 0 unspecified atom stereocenters. The van der Waals surface area contributed by atoms with Crippen LogP contribution in [0, 0.1) is 17.8 Å². The molecule has 0 radical (unpaired) electrons. The molecule has 0 heteroatoms. The monoisotopic (exact) mass is 266 g/mol. The van der Waals surface area contributed by atoms with E-state index in [1.807, 2.05) is 0 Å². The standard InChI is InChI=1S/C19H38/c1-16(2)10-7-12-18(5)14-9-15-19(6)13-8-11-17(3)4/h17-19H,1,7-15H2,2-6H3/t18-,19+/m0/s1. The minimum atomic E-state index is 0.875. The second-order valence-corrected chi connectivity index (χ2v) is 7.32. The third-order valence-electron chi connectivity index (χ3n) is 4.17. The molecule has 0 aromatic heterocycles. The van der Waals surface area contributed by atoms with Crippen LogP contribution in [0.5, 0.6) is 0 Å². The lowest BCUT2D eigenvalue weighted by atomic mass is 9.91. The Balaban J connectivity index is 3.42. The Kier molecular flexibility index (Phi) is 11.4. The molecule has 0 N–H and O–H groups in total. The quantitative estimate of drug-likeness (QED) is 0.333. The molecule has 0 spiro atoms. The van der Waals surface area contributed by atoms with Crippen LogP contribution < -0.4 is 0 Å². The molecule has 0 saturated heterocycles. The smallest absolute Gasteiger partial charge is 0.0326 e. The van der Waals surface area contributed by atoms with Crippen LogP contribution in [0.25, 0.3) is 0 Å². The average Bonchev–Trinajstić information content (AvgIpc) is 2.27. The van der Waals surface area contributed by atoms with Crippen molar-refractivity contribution in [2.24, 2.45) is 17.8 Å². The zero-order valence-corrected chi connectivity index (χ0v) is 14.3. The molecule has 114 valence electrons. The Morgan fingerprint density at radius 2 is 1.16 bits per heavy atom. The van der Waals surface area contributed by atoms with Crippen LogP contribution in [0.1, 0.15) is 92.4 Å². The fourth-order valence-corrected chi connectivity index (χ4v) is 2.73. The average molecular weight is 267 g/mol. The Morgan fingerprint density at radius 1 is 0.737 bits per heavy atom. The second kappa shape index (κ2) is 11.6. The van der Waals surface area contributed by atoms with Crippen molar-refractivity contribution in [1.82, 2.24) is 0 Å². The molecule has 0 aliphatic carbocycles. The predicted octanol–water partition coefficient (Wildman–Crippen LogP) is 7.00. The first-order valence-electron chi connectivity index (χ1n) is 8.56. The maximum absolute atomic E-state index is 3.98. The normalized spacial score (nSPS) is 14.6. The molecule has 0 amide bonds. The van der Waals surface area contributed by atoms with Crippen molar-refractivity contribution in [3.63, 3.8) is 0 Å². The van der Waals surface area contributed by atoms with Gasteiger partial charge in [0.25, 0.3) is 0 Å². The van der Waals surface area contributed by atoms with Gasteiger partial charge in [0, 0.05) is 0 Å². The summed E-state index contributed by atoms with van der Waals surface area (Å²) in [5.41, 5.74) is 1.34.